The van der Waals surface area contributed by atoms with Crippen LogP contribution < -0.4 is 5.32 Å². The van der Waals surface area contributed by atoms with Crippen LogP contribution in [0.2, 0.25) is 0 Å². The topological polar surface area (TPSA) is 32.3 Å². The molecule has 2 unspecified atom stereocenters. The van der Waals surface area contributed by atoms with Gasteiger partial charge in [-0.25, -0.2) is 0 Å². The number of aryl methyl sites for hydroxylation is 2. The fraction of sp³-hybridized carbons (Fsp3) is 0.647. The molecule has 108 valence electrons. The molecule has 1 aromatic rings. The van der Waals surface area contributed by atoms with Crippen LogP contribution in [0.5, 0.6) is 0 Å². The van der Waals surface area contributed by atoms with Gasteiger partial charge in [0.1, 0.15) is 0 Å². The summed E-state index contributed by atoms with van der Waals surface area (Å²) in [5.74, 6) is 0. The van der Waals surface area contributed by atoms with Gasteiger partial charge < -0.3 is 10.4 Å². The van der Waals surface area contributed by atoms with E-state index >= 15 is 0 Å². The zero-order valence-electron chi connectivity index (χ0n) is 12.9. The molecule has 19 heavy (non-hydrogen) atoms. The number of rotatable bonds is 8. The Morgan fingerprint density at radius 1 is 1.16 bits per heavy atom. The van der Waals surface area contributed by atoms with Gasteiger partial charge in [-0.2, -0.15) is 0 Å². The highest BCUT2D eigenvalue weighted by Crippen LogP contribution is 2.21. The molecule has 0 fully saturated rings. The van der Waals surface area contributed by atoms with Crippen LogP contribution in [0.3, 0.4) is 0 Å². The summed E-state index contributed by atoms with van der Waals surface area (Å²) in [4.78, 5) is 0. The average Bonchev–Trinajstić information content (AvgIpc) is 2.37. The normalized spacial score (nSPS) is 14.4. The lowest BCUT2D eigenvalue weighted by molar-refractivity contribution is 0.135. The van der Waals surface area contributed by atoms with Crippen LogP contribution in [-0.4, -0.2) is 17.7 Å². The largest absolute Gasteiger partial charge is 0.387 e. The van der Waals surface area contributed by atoms with E-state index in [4.69, 9.17) is 0 Å². The molecule has 2 atom stereocenters. The van der Waals surface area contributed by atoms with E-state index in [-0.39, 0.29) is 6.04 Å². The van der Waals surface area contributed by atoms with Gasteiger partial charge in [-0.3, -0.25) is 0 Å². The van der Waals surface area contributed by atoms with Crippen LogP contribution in [-0.2, 0) is 0 Å². The Morgan fingerprint density at radius 3 is 2.53 bits per heavy atom. The molecule has 0 heterocycles. The summed E-state index contributed by atoms with van der Waals surface area (Å²) < 4.78 is 0. The Hall–Kier alpha value is -0.860. The van der Waals surface area contributed by atoms with Crippen LogP contribution in [0.1, 0.15) is 62.3 Å². The highest BCUT2D eigenvalue weighted by Gasteiger charge is 2.17. The third kappa shape index (κ3) is 5.33. The number of aliphatic hydroxyl groups excluding tert-OH is 1. The summed E-state index contributed by atoms with van der Waals surface area (Å²) in [6.07, 6.45) is 4.61. The fourth-order valence-electron chi connectivity index (χ4n) is 2.42. The minimum atomic E-state index is -0.424. The van der Waals surface area contributed by atoms with E-state index < -0.39 is 6.10 Å². The number of aliphatic hydroxyl groups is 1. The van der Waals surface area contributed by atoms with Crippen molar-refractivity contribution >= 4 is 0 Å². The van der Waals surface area contributed by atoms with Crippen LogP contribution >= 0.6 is 0 Å². The van der Waals surface area contributed by atoms with Crippen LogP contribution in [0.15, 0.2) is 18.2 Å². The van der Waals surface area contributed by atoms with Crippen molar-refractivity contribution < 1.29 is 5.11 Å². The second-order valence-electron chi connectivity index (χ2n) is 5.61. The molecule has 0 saturated heterocycles. The van der Waals surface area contributed by atoms with Gasteiger partial charge in [0.25, 0.3) is 0 Å². The molecule has 0 aliphatic rings. The van der Waals surface area contributed by atoms with Gasteiger partial charge in [0.2, 0.25) is 0 Å². The smallest absolute Gasteiger partial charge is 0.0942 e. The van der Waals surface area contributed by atoms with Gasteiger partial charge in [-0.1, -0.05) is 49.9 Å². The molecule has 0 amide bonds. The summed E-state index contributed by atoms with van der Waals surface area (Å²) in [5.41, 5.74) is 3.46. The van der Waals surface area contributed by atoms with E-state index in [1.54, 1.807) is 0 Å². The maximum atomic E-state index is 10.4. The third-order valence-corrected chi connectivity index (χ3v) is 3.71. The van der Waals surface area contributed by atoms with E-state index in [2.05, 4.69) is 45.1 Å². The van der Waals surface area contributed by atoms with Gasteiger partial charge >= 0.3 is 0 Å². The average molecular weight is 263 g/mol. The van der Waals surface area contributed by atoms with Crippen LogP contribution in [0.25, 0.3) is 0 Å². The van der Waals surface area contributed by atoms with E-state index in [1.807, 2.05) is 6.07 Å². The molecule has 0 bridgehead atoms. The predicted molar refractivity (Wildman–Crippen MR) is 82.5 cm³/mol. The number of nitrogens with one attached hydrogen (secondary N) is 1. The van der Waals surface area contributed by atoms with Crippen LogP contribution in [0.4, 0.5) is 0 Å². The molecule has 0 saturated carbocycles. The van der Waals surface area contributed by atoms with Crippen molar-refractivity contribution in [2.45, 2.75) is 65.5 Å². The van der Waals surface area contributed by atoms with Crippen molar-refractivity contribution in [1.29, 1.82) is 0 Å². The minimum Gasteiger partial charge on any atom is -0.387 e. The first-order valence-electron chi connectivity index (χ1n) is 7.54. The number of unbranched alkanes of at least 4 members (excludes halogenated alkanes) is 3. The van der Waals surface area contributed by atoms with Crippen molar-refractivity contribution in [3.8, 4) is 0 Å². The molecule has 0 aliphatic carbocycles. The Balaban J connectivity index is 2.45. The molecule has 2 nitrogen and oxygen atoms in total. The molecule has 0 spiro atoms. The lowest BCUT2D eigenvalue weighted by Gasteiger charge is -2.22. The first kappa shape index (κ1) is 16.2. The SMILES string of the molecule is CCCCCCNC(C)C(O)c1ccc(C)cc1C. The molecule has 0 radical (unpaired) electrons. The summed E-state index contributed by atoms with van der Waals surface area (Å²) in [6.45, 7) is 9.42. The highest BCUT2D eigenvalue weighted by molar-refractivity contribution is 5.32. The first-order valence-corrected chi connectivity index (χ1v) is 7.54. The van der Waals surface area contributed by atoms with Crippen molar-refractivity contribution in [3.05, 3.63) is 34.9 Å². The second kappa shape index (κ2) is 8.34. The van der Waals surface area contributed by atoms with E-state index in [0.29, 0.717) is 0 Å². The Morgan fingerprint density at radius 2 is 1.89 bits per heavy atom. The lowest BCUT2D eigenvalue weighted by atomic mass is 9.97. The van der Waals surface area contributed by atoms with Gasteiger partial charge in [0, 0.05) is 6.04 Å². The zero-order valence-corrected chi connectivity index (χ0v) is 12.9. The summed E-state index contributed by atoms with van der Waals surface area (Å²) in [6, 6.07) is 6.35. The van der Waals surface area contributed by atoms with Gasteiger partial charge in [0.05, 0.1) is 6.10 Å². The summed E-state index contributed by atoms with van der Waals surface area (Å²) in [5, 5.41) is 13.8. The monoisotopic (exact) mass is 263 g/mol. The fourth-order valence-corrected chi connectivity index (χ4v) is 2.42. The van der Waals surface area contributed by atoms with Gasteiger partial charge in [0.15, 0.2) is 0 Å². The maximum Gasteiger partial charge on any atom is 0.0942 e. The number of benzene rings is 1. The Labute approximate surface area is 118 Å². The third-order valence-electron chi connectivity index (χ3n) is 3.71. The molecule has 0 aromatic heterocycles. The second-order valence-corrected chi connectivity index (χ2v) is 5.61. The molecular weight excluding hydrogens is 234 g/mol. The molecule has 0 aliphatic heterocycles. The highest BCUT2D eigenvalue weighted by atomic mass is 16.3. The van der Waals surface area contributed by atoms with Crippen molar-refractivity contribution in [3.63, 3.8) is 0 Å². The zero-order chi connectivity index (χ0) is 14.3. The van der Waals surface area contributed by atoms with E-state index in [1.165, 1.54) is 36.8 Å². The minimum absolute atomic E-state index is 0.100. The molecule has 1 rings (SSSR count). The lowest BCUT2D eigenvalue weighted by Crippen LogP contribution is -2.33. The van der Waals surface area contributed by atoms with Crippen molar-refractivity contribution in [2.24, 2.45) is 0 Å². The molecule has 2 heteroatoms. The number of hydrogen-bond acceptors (Lipinski definition) is 2. The van der Waals surface area contributed by atoms with Crippen molar-refractivity contribution in [1.82, 2.24) is 5.32 Å². The predicted octanol–water partition coefficient (Wildman–Crippen LogP) is 3.90. The molecular formula is C17H29NO. The van der Waals surface area contributed by atoms with Gasteiger partial charge in [-0.15, -0.1) is 0 Å². The van der Waals surface area contributed by atoms with Crippen LogP contribution in [0, 0.1) is 13.8 Å². The Kier molecular flexibility index (Phi) is 7.11. The quantitative estimate of drug-likeness (QED) is 0.697. The summed E-state index contributed by atoms with van der Waals surface area (Å²) in [7, 11) is 0. The van der Waals surface area contributed by atoms with E-state index in [9.17, 15) is 5.11 Å². The maximum absolute atomic E-state index is 10.4. The Bertz CT molecular complexity index is 376. The standard InChI is InChI=1S/C17H29NO/c1-5-6-7-8-11-18-15(4)17(19)16-10-9-13(2)12-14(16)3/h9-10,12,15,17-19H,5-8,11H2,1-4H3. The molecule has 1 aromatic carbocycles. The van der Waals surface area contributed by atoms with Crippen molar-refractivity contribution in [2.75, 3.05) is 6.54 Å². The first-order chi connectivity index (χ1) is 9.06. The summed E-state index contributed by atoms with van der Waals surface area (Å²) >= 11 is 0. The van der Waals surface area contributed by atoms with E-state index in [0.717, 1.165) is 12.1 Å². The number of hydrogen-bond donors (Lipinski definition) is 2. The molecule has 2 N–H and O–H groups in total. The van der Waals surface area contributed by atoms with Gasteiger partial charge in [-0.05, 0) is 44.9 Å².